The van der Waals surface area contributed by atoms with Crippen LogP contribution in [-0.2, 0) is 10.2 Å². The van der Waals surface area contributed by atoms with Crippen LogP contribution in [0.15, 0.2) is 24.3 Å². The first-order valence-corrected chi connectivity index (χ1v) is 7.16. The molecule has 0 aromatic heterocycles. The van der Waals surface area contributed by atoms with E-state index in [-0.39, 0.29) is 23.7 Å². The number of rotatable bonds is 5. The van der Waals surface area contributed by atoms with Gasteiger partial charge in [-0.1, -0.05) is 29.8 Å². The Bertz CT molecular complexity index is 456. The van der Waals surface area contributed by atoms with Gasteiger partial charge >= 0.3 is 0 Å². The van der Waals surface area contributed by atoms with Crippen molar-refractivity contribution in [2.45, 2.75) is 32.6 Å². The lowest BCUT2D eigenvalue weighted by Gasteiger charge is -2.26. The number of carbonyl (C=O) groups excluding carboxylic acids is 1. The summed E-state index contributed by atoms with van der Waals surface area (Å²) in [4.78, 5) is 14.7. The molecule has 2 rings (SSSR count). The quantitative estimate of drug-likeness (QED) is 0.907. The van der Waals surface area contributed by atoms with Gasteiger partial charge in [-0.25, -0.2) is 0 Å². The van der Waals surface area contributed by atoms with Gasteiger partial charge in [0.15, 0.2) is 0 Å². The lowest BCUT2D eigenvalue weighted by atomic mass is 9.90. The highest BCUT2D eigenvalue weighted by molar-refractivity contribution is 5.92. The normalized spacial score (nSPS) is 23.9. The van der Waals surface area contributed by atoms with Crippen molar-refractivity contribution >= 4 is 18.3 Å². The fraction of sp³-hybridized carbons (Fsp3) is 0.562. The molecule has 0 aliphatic heterocycles. The molecule has 3 nitrogen and oxygen atoms in total. The van der Waals surface area contributed by atoms with Crippen molar-refractivity contribution < 1.29 is 4.79 Å². The largest absolute Gasteiger partial charge is 0.342 e. The second-order valence-corrected chi connectivity index (χ2v) is 5.45. The third-order valence-corrected chi connectivity index (χ3v) is 4.39. The number of amides is 1. The highest BCUT2D eigenvalue weighted by atomic mass is 35.5. The Morgan fingerprint density at radius 2 is 1.85 bits per heavy atom. The zero-order valence-electron chi connectivity index (χ0n) is 12.6. The molecule has 0 radical (unpaired) electrons. The zero-order chi connectivity index (χ0) is 14.0. The molecule has 20 heavy (non-hydrogen) atoms. The molecule has 2 atom stereocenters. The first-order valence-electron chi connectivity index (χ1n) is 7.16. The predicted octanol–water partition coefficient (Wildman–Crippen LogP) is 2.50. The third kappa shape index (κ3) is 2.70. The van der Waals surface area contributed by atoms with Crippen molar-refractivity contribution in [3.8, 4) is 0 Å². The summed E-state index contributed by atoms with van der Waals surface area (Å²) in [6, 6.07) is 8.34. The maximum Gasteiger partial charge on any atom is 0.233 e. The summed E-state index contributed by atoms with van der Waals surface area (Å²) in [5.74, 6) is 0.542. The van der Waals surface area contributed by atoms with E-state index in [1.54, 1.807) is 0 Å². The number of benzene rings is 1. The van der Waals surface area contributed by atoms with E-state index >= 15 is 0 Å². The van der Waals surface area contributed by atoms with E-state index in [2.05, 4.69) is 31.2 Å². The number of nitrogens with zero attached hydrogens (tertiary/aromatic N) is 1. The van der Waals surface area contributed by atoms with Gasteiger partial charge in [0.05, 0.1) is 5.41 Å². The molecule has 1 aromatic carbocycles. The van der Waals surface area contributed by atoms with Gasteiger partial charge in [0.2, 0.25) is 5.91 Å². The average Bonchev–Trinajstić information content (AvgIpc) is 3.16. The molecule has 1 saturated carbocycles. The van der Waals surface area contributed by atoms with Crippen LogP contribution in [0.2, 0.25) is 0 Å². The number of halogens is 1. The number of likely N-dealkylation sites (N-methyl/N-ethyl adjacent to an activating group) is 1. The molecule has 1 amide bonds. The van der Waals surface area contributed by atoms with Crippen LogP contribution in [0.3, 0.4) is 0 Å². The predicted molar refractivity (Wildman–Crippen MR) is 85.2 cm³/mol. The average molecular weight is 297 g/mol. The Morgan fingerprint density at radius 3 is 2.25 bits per heavy atom. The molecule has 0 heterocycles. The molecule has 1 fully saturated rings. The van der Waals surface area contributed by atoms with Crippen LogP contribution >= 0.6 is 12.4 Å². The van der Waals surface area contributed by atoms with Crippen LogP contribution in [0.5, 0.6) is 0 Å². The molecule has 1 aliphatic rings. The van der Waals surface area contributed by atoms with Crippen LogP contribution in [0.25, 0.3) is 0 Å². The fourth-order valence-electron chi connectivity index (χ4n) is 3.00. The van der Waals surface area contributed by atoms with E-state index < -0.39 is 0 Å². The lowest BCUT2D eigenvalue weighted by molar-refractivity contribution is -0.134. The number of hydrogen-bond acceptors (Lipinski definition) is 2. The van der Waals surface area contributed by atoms with Gasteiger partial charge in [-0.15, -0.1) is 12.4 Å². The van der Waals surface area contributed by atoms with Gasteiger partial charge < -0.3 is 10.6 Å². The van der Waals surface area contributed by atoms with Crippen LogP contribution < -0.4 is 5.73 Å². The minimum absolute atomic E-state index is 0. The maximum absolute atomic E-state index is 12.8. The summed E-state index contributed by atoms with van der Waals surface area (Å²) in [6.07, 6.45) is 0.891. The van der Waals surface area contributed by atoms with Gasteiger partial charge in [0, 0.05) is 13.1 Å². The van der Waals surface area contributed by atoms with E-state index in [0.717, 1.165) is 25.1 Å². The molecule has 1 aromatic rings. The van der Waals surface area contributed by atoms with Gasteiger partial charge in [-0.3, -0.25) is 4.79 Å². The summed E-state index contributed by atoms with van der Waals surface area (Å²) in [6.45, 7) is 8.24. The molecule has 0 bridgehead atoms. The molecule has 0 saturated heterocycles. The summed E-state index contributed by atoms with van der Waals surface area (Å²) in [5, 5.41) is 0. The molecular weight excluding hydrogens is 272 g/mol. The molecule has 2 N–H and O–H groups in total. The Kier molecular flexibility index (Phi) is 5.60. The van der Waals surface area contributed by atoms with Crippen molar-refractivity contribution in [3.63, 3.8) is 0 Å². The van der Waals surface area contributed by atoms with Crippen molar-refractivity contribution in [3.05, 3.63) is 35.4 Å². The second kappa shape index (κ2) is 6.59. The Hall–Kier alpha value is -1.06. The molecule has 4 heteroatoms. The van der Waals surface area contributed by atoms with Gasteiger partial charge in [0.1, 0.15) is 0 Å². The van der Waals surface area contributed by atoms with E-state index in [1.165, 1.54) is 5.56 Å². The van der Waals surface area contributed by atoms with Crippen molar-refractivity contribution in [2.24, 2.45) is 11.7 Å². The Morgan fingerprint density at radius 1 is 1.30 bits per heavy atom. The Balaban J connectivity index is 0.00000200. The highest BCUT2D eigenvalue weighted by Crippen LogP contribution is 2.54. The smallest absolute Gasteiger partial charge is 0.233 e. The fourth-order valence-corrected chi connectivity index (χ4v) is 3.00. The first kappa shape index (κ1) is 17.0. The van der Waals surface area contributed by atoms with Gasteiger partial charge in [0.25, 0.3) is 0 Å². The minimum Gasteiger partial charge on any atom is -0.342 e. The van der Waals surface area contributed by atoms with Crippen LogP contribution in [0, 0.1) is 12.8 Å². The summed E-state index contributed by atoms with van der Waals surface area (Å²) in [5.41, 5.74) is 7.83. The number of nitrogens with two attached hydrogens (primary N) is 1. The maximum atomic E-state index is 12.8. The summed E-state index contributed by atoms with van der Waals surface area (Å²) in [7, 11) is 0. The summed E-state index contributed by atoms with van der Waals surface area (Å²) >= 11 is 0. The second-order valence-electron chi connectivity index (χ2n) is 5.45. The van der Waals surface area contributed by atoms with E-state index in [1.807, 2.05) is 18.7 Å². The van der Waals surface area contributed by atoms with Crippen LogP contribution in [0.1, 0.15) is 31.4 Å². The standard InChI is InChI=1S/C16H24N2O.ClH/c1-4-18(5-2)15(19)16(10-14(16)11-17)13-8-6-12(3)7-9-13;/h6-9,14H,4-5,10-11,17H2,1-3H3;1H/t14?,16-;/m0./s1. The van der Waals surface area contributed by atoms with Gasteiger partial charge in [-0.05, 0) is 45.2 Å². The van der Waals surface area contributed by atoms with Crippen molar-refractivity contribution in [2.75, 3.05) is 19.6 Å². The minimum atomic E-state index is -0.353. The third-order valence-electron chi connectivity index (χ3n) is 4.39. The topological polar surface area (TPSA) is 46.3 Å². The van der Waals surface area contributed by atoms with Crippen molar-refractivity contribution in [1.29, 1.82) is 0 Å². The van der Waals surface area contributed by atoms with E-state index in [9.17, 15) is 4.79 Å². The highest BCUT2D eigenvalue weighted by Gasteiger charge is 2.61. The van der Waals surface area contributed by atoms with E-state index in [0.29, 0.717) is 12.5 Å². The summed E-state index contributed by atoms with van der Waals surface area (Å²) < 4.78 is 0. The van der Waals surface area contributed by atoms with Crippen molar-refractivity contribution in [1.82, 2.24) is 4.90 Å². The molecule has 0 spiro atoms. The van der Waals surface area contributed by atoms with Gasteiger partial charge in [-0.2, -0.15) is 0 Å². The molecule has 112 valence electrons. The number of carbonyl (C=O) groups is 1. The SMILES string of the molecule is CCN(CC)C(=O)[C@]1(c2ccc(C)cc2)CC1CN.Cl. The lowest BCUT2D eigenvalue weighted by Crippen LogP contribution is -2.40. The molecular formula is C16H25ClN2O. The Labute approximate surface area is 127 Å². The number of hydrogen-bond donors (Lipinski definition) is 1. The molecule has 1 aliphatic carbocycles. The number of aryl methyl sites for hydroxylation is 1. The first-order chi connectivity index (χ1) is 9.09. The van der Waals surface area contributed by atoms with Crippen LogP contribution in [0.4, 0.5) is 0 Å². The van der Waals surface area contributed by atoms with Crippen LogP contribution in [-0.4, -0.2) is 30.4 Å². The monoisotopic (exact) mass is 296 g/mol. The molecule has 1 unspecified atom stereocenters. The zero-order valence-corrected chi connectivity index (χ0v) is 13.4. The van der Waals surface area contributed by atoms with E-state index in [4.69, 9.17) is 5.73 Å².